The number of nitrogens with zero attached hydrogens (tertiary/aromatic N) is 1. The molecule has 2 heterocycles. The molecule has 0 saturated carbocycles. The van der Waals surface area contributed by atoms with E-state index in [9.17, 15) is 4.79 Å². The van der Waals surface area contributed by atoms with E-state index in [1.807, 2.05) is 6.07 Å². The maximum atomic E-state index is 10.7. The lowest BCUT2D eigenvalue weighted by Crippen LogP contribution is -2.29. The summed E-state index contributed by atoms with van der Waals surface area (Å²) in [6, 6.07) is 1.97. The van der Waals surface area contributed by atoms with Crippen LogP contribution in [0.3, 0.4) is 0 Å². The van der Waals surface area contributed by atoms with Gasteiger partial charge in [0, 0.05) is 0 Å². The van der Waals surface area contributed by atoms with Crippen molar-refractivity contribution < 1.29 is 14.6 Å². The molecule has 4 nitrogen and oxygen atoms in total. The highest BCUT2D eigenvalue weighted by atomic mass is 16.5. The van der Waals surface area contributed by atoms with Gasteiger partial charge in [0.25, 0.3) is 0 Å². The van der Waals surface area contributed by atoms with Crippen LogP contribution >= 0.6 is 0 Å². The topological polar surface area (TPSA) is 70.3 Å². The van der Waals surface area contributed by atoms with Crippen molar-refractivity contribution >= 4 is 5.97 Å². The molecule has 0 radical (unpaired) electrons. The molecule has 0 spiro atoms. The van der Waals surface area contributed by atoms with Gasteiger partial charge in [0.15, 0.2) is 0 Å². The first kappa shape index (κ1) is 7.32. The van der Waals surface area contributed by atoms with Crippen molar-refractivity contribution in [1.82, 2.24) is 0 Å². The van der Waals surface area contributed by atoms with Crippen LogP contribution in [-0.4, -0.2) is 23.3 Å². The van der Waals surface area contributed by atoms with Crippen LogP contribution in [-0.2, 0) is 9.53 Å². The van der Waals surface area contributed by atoms with Crippen molar-refractivity contribution in [3.63, 3.8) is 0 Å². The van der Waals surface area contributed by atoms with Gasteiger partial charge in [-0.1, -0.05) is 12.2 Å². The molecule has 2 aliphatic rings. The van der Waals surface area contributed by atoms with Crippen LogP contribution in [0.4, 0.5) is 0 Å². The molecule has 2 rings (SSSR count). The highest BCUT2D eigenvalue weighted by Gasteiger charge is 2.49. The summed E-state index contributed by atoms with van der Waals surface area (Å²) in [6.45, 7) is 0. The van der Waals surface area contributed by atoms with Crippen LogP contribution in [0, 0.1) is 23.2 Å². The summed E-state index contributed by atoms with van der Waals surface area (Å²) in [7, 11) is 0. The minimum Gasteiger partial charge on any atom is -0.481 e. The standard InChI is InChI=1S/C8H7NO3/c9-3-4-5-1-2-6(12-5)7(4)8(10)11/h1-2,4-7H,(H,10,11). The zero-order valence-corrected chi connectivity index (χ0v) is 6.18. The maximum absolute atomic E-state index is 10.7. The first-order chi connectivity index (χ1) is 5.74. The summed E-state index contributed by atoms with van der Waals surface area (Å²) < 4.78 is 5.24. The Morgan fingerprint density at radius 3 is 2.67 bits per heavy atom. The van der Waals surface area contributed by atoms with Crippen LogP contribution in [0.5, 0.6) is 0 Å². The van der Waals surface area contributed by atoms with Gasteiger partial charge in [0.05, 0.1) is 24.2 Å². The minimum atomic E-state index is -0.946. The molecule has 62 valence electrons. The zero-order chi connectivity index (χ0) is 8.72. The minimum absolute atomic E-state index is 0.305. The van der Waals surface area contributed by atoms with Crippen molar-refractivity contribution in [3.8, 4) is 6.07 Å². The van der Waals surface area contributed by atoms with E-state index in [0.29, 0.717) is 0 Å². The first-order valence-corrected chi connectivity index (χ1v) is 3.70. The normalized spacial score (nSPS) is 42.9. The molecule has 12 heavy (non-hydrogen) atoms. The predicted molar refractivity (Wildman–Crippen MR) is 38.0 cm³/mol. The van der Waals surface area contributed by atoms with Crippen molar-refractivity contribution in [1.29, 1.82) is 5.26 Å². The fourth-order valence-corrected chi connectivity index (χ4v) is 1.76. The summed E-state index contributed by atoms with van der Waals surface area (Å²) in [6.07, 6.45) is 2.79. The second-order valence-electron chi connectivity index (χ2n) is 2.97. The first-order valence-electron chi connectivity index (χ1n) is 3.70. The molecule has 1 fully saturated rings. The Kier molecular flexibility index (Phi) is 1.42. The Bertz CT molecular complexity index is 291. The molecule has 0 amide bonds. The Balaban J connectivity index is 2.30. The van der Waals surface area contributed by atoms with Crippen molar-refractivity contribution in [3.05, 3.63) is 12.2 Å². The zero-order valence-electron chi connectivity index (χ0n) is 6.18. The van der Waals surface area contributed by atoms with Gasteiger partial charge in [-0.2, -0.15) is 5.26 Å². The molecular formula is C8H7NO3. The monoisotopic (exact) mass is 165 g/mol. The number of aliphatic carboxylic acids is 1. The van der Waals surface area contributed by atoms with Crippen molar-refractivity contribution in [2.24, 2.45) is 11.8 Å². The average molecular weight is 165 g/mol. The molecule has 2 aliphatic heterocycles. The smallest absolute Gasteiger partial charge is 0.310 e. The van der Waals surface area contributed by atoms with E-state index in [4.69, 9.17) is 15.1 Å². The fraction of sp³-hybridized carbons (Fsp3) is 0.500. The van der Waals surface area contributed by atoms with E-state index in [1.165, 1.54) is 0 Å². The van der Waals surface area contributed by atoms with Crippen LogP contribution < -0.4 is 0 Å². The highest BCUT2D eigenvalue weighted by molar-refractivity contribution is 5.73. The van der Waals surface area contributed by atoms with Crippen molar-refractivity contribution in [2.75, 3.05) is 0 Å². The molecule has 4 heteroatoms. The third kappa shape index (κ3) is 0.772. The Morgan fingerprint density at radius 2 is 2.17 bits per heavy atom. The summed E-state index contributed by atoms with van der Waals surface area (Å²) >= 11 is 0. The summed E-state index contributed by atoms with van der Waals surface area (Å²) in [4.78, 5) is 10.7. The van der Waals surface area contributed by atoms with E-state index in [0.717, 1.165) is 0 Å². The quantitative estimate of drug-likeness (QED) is 0.562. The number of hydrogen-bond acceptors (Lipinski definition) is 3. The second kappa shape index (κ2) is 2.32. The van der Waals surface area contributed by atoms with E-state index in [-0.39, 0.29) is 6.10 Å². The fourth-order valence-electron chi connectivity index (χ4n) is 1.76. The molecule has 1 saturated heterocycles. The third-order valence-corrected chi connectivity index (χ3v) is 2.33. The van der Waals surface area contributed by atoms with Gasteiger partial charge in [-0.3, -0.25) is 4.79 Å². The van der Waals surface area contributed by atoms with E-state index >= 15 is 0 Å². The number of hydrogen-bond donors (Lipinski definition) is 1. The highest BCUT2D eigenvalue weighted by Crippen LogP contribution is 2.38. The number of carboxylic acids is 1. The number of rotatable bonds is 1. The third-order valence-electron chi connectivity index (χ3n) is 2.33. The van der Waals surface area contributed by atoms with Gasteiger partial charge in [-0.05, 0) is 0 Å². The van der Waals surface area contributed by atoms with Gasteiger partial charge in [-0.15, -0.1) is 0 Å². The summed E-state index contributed by atoms with van der Waals surface area (Å²) in [5.41, 5.74) is 0. The number of ether oxygens (including phenoxy) is 1. The molecule has 0 aromatic rings. The number of carbonyl (C=O) groups is 1. The number of nitriles is 1. The van der Waals surface area contributed by atoms with Gasteiger partial charge < -0.3 is 9.84 Å². The van der Waals surface area contributed by atoms with Gasteiger partial charge >= 0.3 is 5.97 Å². The van der Waals surface area contributed by atoms with E-state index in [1.54, 1.807) is 12.2 Å². The van der Waals surface area contributed by atoms with E-state index in [2.05, 4.69) is 0 Å². The molecule has 2 bridgehead atoms. The lowest BCUT2D eigenvalue weighted by atomic mass is 9.84. The summed E-state index contributed by atoms with van der Waals surface area (Å²) in [5, 5.41) is 17.5. The van der Waals surface area contributed by atoms with Crippen LogP contribution in [0.2, 0.25) is 0 Å². The Labute approximate surface area is 69.1 Å². The van der Waals surface area contributed by atoms with Gasteiger partial charge in [-0.25, -0.2) is 0 Å². The Morgan fingerprint density at radius 1 is 1.50 bits per heavy atom. The lowest BCUT2D eigenvalue weighted by Gasteiger charge is -2.13. The number of carboxylic acid groups (broad SMARTS) is 1. The largest absolute Gasteiger partial charge is 0.481 e. The van der Waals surface area contributed by atoms with E-state index < -0.39 is 23.9 Å². The van der Waals surface area contributed by atoms with Crippen LogP contribution in [0.25, 0.3) is 0 Å². The Hall–Kier alpha value is -1.34. The molecule has 4 atom stereocenters. The molecule has 1 N–H and O–H groups in total. The van der Waals surface area contributed by atoms with Crippen molar-refractivity contribution in [2.45, 2.75) is 12.2 Å². The molecule has 0 aromatic carbocycles. The van der Waals surface area contributed by atoms with Gasteiger partial charge in [0.2, 0.25) is 0 Å². The molecular weight excluding hydrogens is 158 g/mol. The van der Waals surface area contributed by atoms with Crippen LogP contribution in [0.15, 0.2) is 12.2 Å². The predicted octanol–water partition coefficient (Wildman–Crippen LogP) is 0.164. The number of fused-ring (bicyclic) bond motifs is 2. The molecule has 0 aromatic heterocycles. The average Bonchev–Trinajstić information content (AvgIpc) is 2.60. The summed E-state index contributed by atoms with van der Waals surface area (Å²) in [5.74, 6) is -2.14. The molecule has 0 aliphatic carbocycles. The molecule has 4 unspecified atom stereocenters. The SMILES string of the molecule is N#CC1C2C=CC(O2)C1C(=O)O. The second-order valence-corrected chi connectivity index (χ2v) is 2.97. The van der Waals surface area contributed by atoms with Crippen LogP contribution in [0.1, 0.15) is 0 Å². The maximum Gasteiger partial charge on any atom is 0.310 e. The van der Waals surface area contributed by atoms with Gasteiger partial charge in [0.1, 0.15) is 5.92 Å². The lowest BCUT2D eigenvalue weighted by molar-refractivity contribution is -0.143.